The molecule has 0 aromatic carbocycles. The second kappa shape index (κ2) is 6.85. The lowest BCUT2D eigenvalue weighted by molar-refractivity contribution is 0.122. The molecule has 118 valence electrons. The summed E-state index contributed by atoms with van der Waals surface area (Å²) >= 11 is 0. The van der Waals surface area contributed by atoms with Crippen molar-refractivity contribution in [3.8, 4) is 0 Å². The first-order chi connectivity index (χ1) is 10.7. The lowest BCUT2D eigenvalue weighted by Crippen LogP contribution is -2.47. The molecule has 3 heterocycles. The lowest BCUT2D eigenvalue weighted by atomic mass is 10.2. The fourth-order valence-electron chi connectivity index (χ4n) is 2.68. The predicted molar refractivity (Wildman–Crippen MR) is 81.5 cm³/mol. The van der Waals surface area contributed by atoms with Crippen molar-refractivity contribution < 1.29 is 4.52 Å². The summed E-state index contributed by atoms with van der Waals surface area (Å²) in [4.78, 5) is 16.5. The molecule has 7 nitrogen and oxygen atoms in total. The topological polar surface area (TPSA) is 67.4 Å². The zero-order valence-electron chi connectivity index (χ0n) is 12.8. The van der Waals surface area contributed by atoms with Gasteiger partial charge in [-0.15, -0.1) is 0 Å². The van der Waals surface area contributed by atoms with Crippen LogP contribution in [0, 0.1) is 6.92 Å². The van der Waals surface area contributed by atoms with Gasteiger partial charge in [0.05, 0.1) is 18.4 Å². The largest absolute Gasteiger partial charge is 0.364 e. The Hall–Kier alpha value is -1.99. The second-order valence-corrected chi connectivity index (χ2v) is 5.69. The van der Waals surface area contributed by atoms with E-state index in [0.29, 0.717) is 6.54 Å². The molecule has 0 spiro atoms. The average molecular weight is 303 g/mol. The summed E-state index contributed by atoms with van der Waals surface area (Å²) in [7, 11) is 0. The molecule has 0 amide bonds. The summed E-state index contributed by atoms with van der Waals surface area (Å²) in [6.45, 7) is 8.33. The van der Waals surface area contributed by atoms with Gasteiger partial charge in [0, 0.05) is 50.9 Å². The molecule has 0 bridgehead atoms. The van der Waals surface area contributed by atoms with Gasteiger partial charge in [-0.25, -0.2) is 4.68 Å². The molecule has 7 heteroatoms. The van der Waals surface area contributed by atoms with Gasteiger partial charge in [-0.2, -0.15) is 5.10 Å². The fraction of sp³-hybridized carbons (Fsp3) is 0.533. The number of piperazine rings is 1. The molecule has 0 radical (unpaired) electrons. The van der Waals surface area contributed by atoms with E-state index in [2.05, 4.69) is 20.1 Å². The van der Waals surface area contributed by atoms with Crippen LogP contribution < -0.4 is 5.56 Å². The van der Waals surface area contributed by atoms with E-state index in [0.717, 1.165) is 50.5 Å². The molecule has 3 rings (SSSR count). The predicted octanol–water partition coefficient (Wildman–Crippen LogP) is 0.358. The Labute approximate surface area is 129 Å². The van der Waals surface area contributed by atoms with E-state index < -0.39 is 0 Å². The standard InChI is InChI=1S/C15H21N5O2/c1-13-2-3-15(21)20(17-13)9-8-18-4-6-19(7-5-18)11-14-10-16-22-12-14/h2-3,10,12H,4-9,11H2,1H3. The van der Waals surface area contributed by atoms with E-state index in [4.69, 9.17) is 4.52 Å². The van der Waals surface area contributed by atoms with Crippen LogP contribution in [0.4, 0.5) is 0 Å². The van der Waals surface area contributed by atoms with Crippen LogP contribution in [0.5, 0.6) is 0 Å². The van der Waals surface area contributed by atoms with Crippen molar-refractivity contribution in [2.24, 2.45) is 0 Å². The van der Waals surface area contributed by atoms with Crippen LogP contribution in [0.25, 0.3) is 0 Å². The van der Waals surface area contributed by atoms with E-state index in [1.165, 1.54) is 0 Å². The monoisotopic (exact) mass is 303 g/mol. The summed E-state index contributed by atoms with van der Waals surface area (Å²) in [6, 6.07) is 3.33. The summed E-state index contributed by atoms with van der Waals surface area (Å²) < 4.78 is 6.41. The smallest absolute Gasteiger partial charge is 0.266 e. The highest BCUT2D eigenvalue weighted by molar-refractivity contribution is 5.00. The Kier molecular flexibility index (Phi) is 4.65. The van der Waals surface area contributed by atoms with E-state index in [9.17, 15) is 4.79 Å². The summed E-state index contributed by atoms with van der Waals surface area (Å²) in [5.74, 6) is 0. The number of hydrogen-bond donors (Lipinski definition) is 0. The summed E-state index contributed by atoms with van der Waals surface area (Å²) in [6.07, 6.45) is 3.46. The maximum absolute atomic E-state index is 11.7. The Balaban J connectivity index is 1.46. The maximum Gasteiger partial charge on any atom is 0.266 e. The Morgan fingerprint density at radius 1 is 1.14 bits per heavy atom. The van der Waals surface area contributed by atoms with Crippen LogP contribution >= 0.6 is 0 Å². The first-order valence-electron chi connectivity index (χ1n) is 7.58. The molecule has 2 aromatic heterocycles. The van der Waals surface area contributed by atoms with Gasteiger partial charge in [-0.3, -0.25) is 14.6 Å². The van der Waals surface area contributed by atoms with Gasteiger partial charge in [0.1, 0.15) is 6.26 Å². The van der Waals surface area contributed by atoms with Crippen molar-refractivity contribution in [1.29, 1.82) is 0 Å². The Bertz CT molecular complexity index is 644. The molecule has 0 atom stereocenters. The quantitative estimate of drug-likeness (QED) is 0.794. The number of rotatable bonds is 5. The molecule has 1 aliphatic heterocycles. The molecule has 0 N–H and O–H groups in total. The first-order valence-corrected chi connectivity index (χ1v) is 7.58. The molecular weight excluding hydrogens is 282 g/mol. The van der Waals surface area contributed by atoms with E-state index in [1.54, 1.807) is 29.3 Å². The van der Waals surface area contributed by atoms with E-state index >= 15 is 0 Å². The van der Waals surface area contributed by atoms with Crippen LogP contribution in [0.3, 0.4) is 0 Å². The fourth-order valence-corrected chi connectivity index (χ4v) is 2.68. The number of aryl methyl sites for hydroxylation is 1. The third-order valence-corrected chi connectivity index (χ3v) is 3.98. The molecule has 0 unspecified atom stereocenters. The zero-order chi connectivity index (χ0) is 15.4. The van der Waals surface area contributed by atoms with Gasteiger partial charge in [0.15, 0.2) is 0 Å². The highest BCUT2D eigenvalue weighted by Crippen LogP contribution is 2.07. The van der Waals surface area contributed by atoms with Gasteiger partial charge in [0.25, 0.3) is 5.56 Å². The third kappa shape index (κ3) is 3.80. The van der Waals surface area contributed by atoms with Crippen molar-refractivity contribution in [3.05, 3.63) is 46.2 Å². The molecule has 0 aliphatic carbocycles. The van der Waals surface area contributed by atoms with Crippen LogP contribution in [0.15, 0.2) is 33.9 Å². The zero-order valence-corrected chi connectivity index (χ0v) is 12.8. The molecule has 1 saturated heterocycles. The second-order valence-electron chi connectivity index (χ2n) is 5.69. The van der Waals surface area contributed by atoms with Gasteiger partial charge in [-0.05, 0) is 13.0 Å². The molecular formula is C15H21N5O2. The maximum atomic E-state index is 11.7. The third-order valence-electron chi connectivity index (χ3n) is 3.98. The molecule has 0 saturated carbocycles. The van der Waals surface area contributed by atoms with Gasteiger partial charge in [-0.1, -0.05) is 5.16 Å². The molecule has 2 aromatic rings. The molecule has 22 heavy (non-hydrogen) atoms. The van der Waals surface area contributed by atoms with Crippen LogP contribution in [0.2, 0.25) is 0 Å². The highest BCUT2D eigenvalue weighted by atomic mass is 16.5. The normalized spacial score (nSPS) is 17.0. The van der Waals surface area contributed by atoms with Crippen LogP contribution in [-0.2, 0) is 13.1 Å². The SMILES string of the molecule is Cc1ccc(=O)n(CCN2CCN(Cc3cnoc3)CC2)n1. The van der Waals surface area contributed by atoms with E-state index in [-0.39, 0.29) is 5.56 Å². The van der Waals surface area contributed by atoms with Gasteiger partial charge < -0.3 is 4.52 Å². The number of hydrogen-bond acceptors (Lipinski definition) is 6. The van der Waals surface area contributed by atoms with Crippen molar-refractivity contribution in [1.82, 2.24) is 24.7 Å². The number of aromatic nitrogens is 3. The highest BCUT2D eigenvalue weighted by Gasteiger charge is 2.17. The number of nitrogens with zero attached hydrogens (tertiary/aromatic N) is 5. The minimum Gasteiger partial charge on any atom is -0.364 e. The van der Waals surface area contributed by atoms with E-state index in [1.807, 2.05) is 6.92 Å². The van der Waals surface area contributed by atoms with Gasteiger partial charge in [0.2, 0.25) is 0 Å². The molecule has 1 aliphatic rings. The summed E-state index contributed by atoms with van der Waals surface area (Å²) in [5.41, 5.74) is 1.96. The van der Waals surface area contributed by atoms with Crippen LogP contribution in [0.1, 0.15) is 11.3 Å². The van der Waals surface area contributed by atoms with Gasteiger partial charge >= 0.3 is 0 Å². The van der Waals surface area contributed by atoms with Crippen molar-refractivity contribution in [2.75, 3.05) is 32.7 Å². The lowest BCUT2D eigenvalue weighted by Gasteiger charge is -2.34. The van der Waals surface area contributed by atoms with Crippen molar-refractivity contribution in [2.45, 2.75) is 20.0 Å². The van der Waals surface area contributed by atoms with Crippen molar-refractivity contribution in [3.63, 3.8) is 0 Å². The minimum absolute atomic E-state index is 0.0308. The van der Waals surface area contributed by atoms with Crippen molar-refractivity contribution >= 4 is 0 Å². The Morgan fingerprint density at radius 3 is 2.64 bits per heavy atom. The minimum atomic E-state index is -0.0308. The van der Waals surface area contributed by atoms with Crippen LogP contribution in [-0.4, -0.2) is 57.5 Å². The summed E-state index contributed by atoms with van der Waals surface area (Å²) in [5, 5.41) is 8.00. The first kappa shape index (κ1) is 14.9. The molecule has 1 fully saturated rings. The average Bonchev–Trinajstić information content (AvgIpc) is 3.03. The Morgan fingerprint density at radius 2 is 1.91 bits per heavy atom.